The predicted molar refractivity (Wildman–Crippen MR) is 91.2 cm³/mol. The van der Waals surface area contributed by atoms with Gasteiger partial charge in [0.2, 0.25) is 5.91 Å². The summed E-state index contributed by atoms with van der Waals surface area (Å²) in [6.07, 6.45) is 2.58. The monoisotopic (exact) mass is 315 g/mol. The van der Waals surface area contributed by atoms with Crippen LogP contribution in [-0.2, 0) is 4.79 Å². The fourth-order valence-corrected chi connectivity index (χ4v) is 2.98. The number of benzene rings is 1. The Balaban J connectivity index is 1.57. The first kappa shape index (κ1) is 15.2. The molecular formula is C17H21N3OS. The number of aromatic nitrogens is 1. The normalized spacial score (nSPS) is 14.1. The number of thiazole rings is 1. The number of nitrogens with one attached hydrogen (secondary N) is 2. The summed E-state index contributed by atoms with van der Waals surface area (Å²) in [7, 11) is 0. The first-order valence-corrected chi connectivity index (χ1v) is 8.53. The van der Waals surface area contributed by atoms with E-state index in [4.69, 9.17) is 0 Å². The maximum atomic E-state index is 11.9. The molecule has 22 heavy (non-hydrogen) atoms. The van der Waals surface area contributed by atoms with Crippen molar-refractivity contribution in [2.75, 3.05) is 18.4 Å². The zero-order valence-corrected chi connectivity index (χ0v) is 13.8. The van der Waals surface area contributed by atoms with Crippen molar-refractivity contribution in [3.8, 4) is 11.3 Å². The molecule has 0 radical (unpaired) electrons. The molecule has 0 aliphatic heterocycles. The zero-order valence-electron chi connectivity index (χ0n) is 13.0. The van der Waals surface area contributed by atoms with Crippen LogP contribution in [0, 0.1) is 19.8 Å². The topological polar surface area (TPSA) is 54.0 Å². The van der Waals surface area contributed by atoms with Crippen molar-refractivity contribution < 1.29 is 4.79 Å². The second kappa shape index (κ2) is 6.58. The molecule has 1 aromatic carbocycles. The van der Waals surface area contributed by atoms with Gasteiger partial charge >= 0.3 is 0 Å². The summed E-state index contributed by atoms with van der Waals surface area (Å²) in [5.74, 6) is 0.755. The Morgan fingerprint density at radius 3 is 2.86 bits per heavy atom. The van der Waals surface area contributed by atoms with E-state index < -0.39 is 0 Å². The fourth-order valence-electron chi connectivity index (χ4n) is 2.24. The lowest BCUT2D eigenvalue weighted by Crippen LogP contribution is -2.29. The third-order valence-electron chi connectivity index (χ3n) is 3.97. The van der Waals surface area contributed by atoms with E-state index in [-0.39, 0.29) is 5.91 Å². The lowest BCUT2D eigenvalue weighted by Gasteiger charge is -2.04. The molecule has 0 unspecified atom stereocenters. The maximum Gasteiger partial charge on any atom is 0.240 e. The number of carbonyl (C=O) groups is 1. The van der Waals surface area contributed by atoms with Gasteiger partial charge in [-0.1, -0.05) is 12.1 Å². The van der Waals surface area contributed by atoms with Crippen LogP contribution in [0.15, 0.2) is 23.6 Å². The fraction of sp³-hybridized carbons (Fsp3) is 0.412. The van der Waals surface area contributed by atoms with Crippen molar-refractivity contribution >= 4 is 22.4 Å². The molecule has 1 amide bonds. The molecule has 1 aliphatic carbocycles. The van der Waals surface area contributed by atoms with Crippen molar-refractivity contribution in [3.63, 3.8) is 0 Å². The number of rotatable bonds is 6. The van der Waals surface area contributed by atoms with E-state index in [2.05, 4.69) is 47.7 Å². The smallest absolute Gasteiger partial charge is 0.240 e. The van der Waals surface area contributed by atoms with Gasteiger partial charge in [-0.3, -0.25) is 4.79 Å². The quantitative estimate of drug-likeness (QED) is 0.859. The van der Waals surface area contributed by atoms with Gasteiger partial charge in [0.25, 0.3) is 0 Å². The highest BCUT2D eigenvalue weighted by Gasteiger charge is 2.20. The highest BCUT2D eigenvalue weighted by molar-refractivity contribution is 7.14. The number of hydrogen-bond donors (Lipinski definition) is 2. The summed E-state index contributed by atoms with van der Waals surface area (Å²) < 4.78 is 0. The molecule has 0 atom stereocenters. The van der Waals surface area contributed by atoms with Crippen LogP contribution in [0.3, 0.4) is 0 Å². The molecular weight excluding hydrogens is 294 g/mol. The molecule has 3 rings (SSSR count). The minimum atomic E-state index is -0.0263. The van der Waals surface area contributed by atoms with Crippen LogP contribution in [0.4, 0.5) is 5.13 Å². The summed E-state index contributed by atoms with van der Waals surface area (Å²) in [5, 5.41) is 8.68. The molecule has 2 aromatic rings. The molecule has 1 aromatic heterocycles. The van der Waals surface area contributed by atoms with Gasteiger partial charge in [0.1, 0.15) is 0 Å². The third-order valence-corrected chi connectivity index (χ3v) is 4.73. The van der Waals surface area contributed by atoms with Gasteiger partial charge in [-0.05, 0) is 56.3 Å². The summed E-state index contributed by atoms with van der Waals surface area (Å²) in [5.41, 5.74) is 4.52. The number of hydrogen-bond acceptors (Lipinski definition) is 4. The third kappa shape index (κ3) is 3.93. The van der Waals surface area contributed by atoms with E-state index >= 15 is 0 Å². The Hall–Kier alpha value is -1.72. The Morgan fingerprint density at radius 1 is 1.32 bits per heavy atom. The van der Waals surface area contributed by atoms with Gasteiger partial charge in [0, 0.05) is 10.9 Å². The van der Waals surface area contributed by atoms with Crippen LogP contribution in [0.5, 0.6) is 0 Å². The molecule has 0 spiro atoms. The number of aryl methyl sites for hydroxylation is 2. The summed E-state index contributed by atoms with van der Waals surface area (Å²) >= 11 is 1.46. The van der Waals surface area contributed by atoms with Crippen LogP contribution in [0.2, 0.25) is 0 Å². The summed E-state index contributed by atoms with van der Waals surface area (Å²) in [6, 6.07) is 6.30. The first-order valence-electron chi connectivity index (χ1n) is 7.65. The van der Waals surface area contributed by atoms with Crippen LogP contribution < -0.4 is 10.6 Å². The molecule has 5 heteroatoms. The van der Waals surface area contributed by atoms with Crippen molar-refractivity contribution in [2.24, 2.45) is 5.92 Å². The number of carbonyl (C=O) groups excluding carboxylic acids is 1. The van der Waals surface area contributed by atoms with E-state index in [9.17, 15) is 4.79 Å². The Kier molecular flexibility index (Phi) is 4.55. The maximum absolute atomic E-state index is 11.9. The van der Waals surface area contributed by atoms with E-state index in [1.54, 1.807) is 0 Å². The molecule has 1 fully saturated rings. The van der Waals surface area contributed by atoms with Gasteiger partial charge < -0.3 is 10.6 Å². The largest absolute Gasteiger partial charge is 0.308 e. The molecule has 1 heterocycles. The van der Waals surface area contributed by atoms with Crippen molar-refractivity contribution in [1.82, 2.24) is 10.3 Å². The average molecular weight is 315 g/mol. The highest BCUT2D eigenvalue weighted by atomic mass is 32.1. The van der Waals surface area contributed by atoms with Crippen LogP contribution >= 0.6 is 11.3 Å². The predicted octanol–water partition coefficient (Wildman–Crippen LogP) is 3.37. The van der Waals surface area contributed by atoms with E-state index in [0.29, 0.717) is 11.7 Å². The SMILES string of the molecule is Cc1ccc(-c2csc(NC(=O)CNCC3CC3)n2)cc1C. The van der Waals surface area contributed by atoms with Crippen molar-refractivity contribution in [2.45, 2.75) is 26.7 Å². The second-order valence-corrected chi connectivity index (χ2v) is 6.82. The number of amides is 1. The Morgan fingerprint density at radius 2 is 2.14 bits per heavy atom. The van der Waals surface area contributed by atoms with Crippen molar-refractivity contribution in [3.05, 3.63) is 34.7 Å². The Bertz CT molecular complexity index is 676. The first-order chi connectivity index (χ1) is 10.6. The summed E-state index contributed by atoms with van der Waals surface area (Å²) in [6.45, 7) is 5.49. The van der Waals surface area contributed by atoms with E-state index in [1.807, 2.05) is 5.38 Å². The second-order valence-electron chi connectivity index (χ2n) is 5.96. The van der Waals surface area contributed by atoms with Gasteiger partial charge in [-0.2, -0.15) is 0 Å². The lowest BCUT2D eigenvalue weighted by molar-refractivity contribution is -0.115. The van der Waals surface area contributed by atoms with Gasteiger partial charge in [-0.25, -0.2) is 4.98 Å². The molecule has 2 N–H and O–H groups in total. The highest BCUT2D eigenvalue weighted by Crippen LogP contribution is 2.28. The summed E-state index contributed by atoms with van der Waals surface area (Å²) in [4.78, 5) is 16.4. The minimum Gasteiger partial charge on any atom is -0.308 e. The van der Waals surface area contributed by atoms with Crippen LogP contribution in [-0.4, -0.2) is 24.0 Å². The molecule has 0 bridgehead atoms. The average Bonchev–Trinajstić information content (AvgIpc) is 3.19. The standard InChI is InChI=1S/C17H21N3OS/c1-11-3-6-14(7-12(11)2)15-10-22-17(19-15)20-16(21)9-18-8-13-4-5-13/h3,6-7,10,13,18H,4-5,8-9H2,1-2H3,(H,19,20,21). The Labute approximate surface area is 135 Å². The lowest BCUT2D eigenvalue weighted by atomic mass is 10.1. The van der Waals surface area contributed by atoms with E-state index in [0.717, 1.165) is 23.7 Å². The molecule has 1 aliphatic rings. The number of anilines is 1. The molecule has 116 valence electrons. The molecule has 4 nitrogen and oxygen atoms in total. The molecule has 1 saturated carbocycles. The van der Waals surface area contributed by atoms with Crippen LogP contribution in [0.1, 0.15) is 24.0 Å². The number of nitrogens with zero attached hydrogens (tertiary/aromatic N) is 1. The minimum absolute atomic E-state index is 0.0263. The van der Waals surface area contributed by atoms with Crippen LogP contribution in [0.25, 0.3) is 11.3 Å². The van der Waals surface area contributed by atoms with Crippen molar-refractivity contribution in [1.29, 1.82) is 0 Å². The zero-order chi connectivity index (χ0) is 15.5. The van der Waals surface area contributed by atoms with Gasteiger partial charge in [0.15, 0.2) is 5.13 Å². The molecule has 0 saturated heterocycles. The van der Waals surface area contributed by atoms with E-state index in [1.165, 1.54) is 35.3 Å². The van der Waals surface area contributed by atoms with Gasteiger partial charge in [0.05, 0.1) is 12.2 Å². The van der Waals surface area contributed by atoms with Gasteiger partial charge in [-0.15, -0.1) is 11.3 Å².